The van der Waals surface area contributed by atoms with Gasteiger partial charge >= 0.3 is 17.9 Å². The van der Waals surface area contributed by atoms with Gasteiger partial charge in [0, 0.05) is 12.8 Å². The van der Waals surface area contributed by atoms with Crippen molar-refractivity contribution >= 4 is 17.9 Å². The summed E-state index contributed by atoms with van der Waals surface area (Å²) in [6.45, 7) is 4.96. The van der Waals surface area contributed by atoms with Gasteiger partial charge in [0.05, 0.1) is 34.4 Å². The van der Waals surface area contributed by atoms with Gasteiger partial charge in [-0.3, -0.25) is 9.59 Å². The molecule has 0 heterocycles. The van der Waals surface area contributed by atoms with Crippen LogP contribution in [0.4, 0.5) is 0 Å². The standard InChI is InChI=1S/C70H135NO8/c1-6-8-10-12-14-16-18-20-22-24-26-28-30-32-33-34-35-37-39-41-43-45-47-49-51-53-55-57-59-61-68(73)79-66(65-78-70(69(74)75)76-63-62-71(3,4)5)64-77-67(72)60-58-56-54-52-50-48-46-44-42-40-38-36-31-29-27-25-23-21-19-17-15-13-11-9-7-2/h24,26,66,70H,6-23,25,27-65H2,1-5H3/p+1/b26-24-. The number of allylic oxidation sites excluding steroid dienone is 2. The molecule has 0 fully saturated rings. The Hall–Kier alpha value is -1.97. The van der Waals surface area contributed by atoms with Crippen LogP contribution in [0, 0.1) is 0 Å². The summed E-state index contributed by atoms with van der Waals surface area (Å²) >= 11 is 0. The molecule has 9 heteroatoms. The first-order valence-corrected chi connectivity index (χ1v) is 34.9. The maximum absolute atomic E-state index is 12.9. The zero-order chi connectivity index (χ0) is 57.6. The first-order chi connectivity index (χ1) is 38.6. The Morgan fingerprint density at radius 2 is 0.646 bits per heavy atom. The minimum absolute atomic E-state index is 0.173. The van der Waals surface area contributed by atoms with Gasteiger partial charge in [0.1, 0.15) is 13.2 Å². The summed E-state index contributed by atoms with van der Waals surface area (Å²) < 4.78 is 23.0. The molecule has 2 unspecified atom stereocenters. The fourth-order valence-corrected chi connectivity index (χ4v) is 10.7. The Morgan fingerprint density at radius 1 is 0.367 bits per heavy atom. The summed E-state index contributed by atoms with van der Waals surface area (Å²) in [6, 6.07) is 0. The molecule has 1 N–H and O–H groups in total. The van der Waals surface area contributed by atoms with E-state index in [4.69, 9.17) is 18.9 Å². The van der Waals surface area contributed by atoms with Crippen molar-refractivity contribution in [3.8, 4) is 0 Å². The fourth-order valence-electron chi connectivity index (χ4n) is 10.7. The van der Waals surface area contributed by atoms with Crippen LogP contribution in [0.1, 0.15) is 361 Å². The highest BCUT2D eigenvalue weighted by atomic mass is 16.7. The molecule has 0 aliphatic carbocycles. The van der Waals surface area contributed by atoms with Crippen molar-refractivity contribution < 1.29 is 42.9 Å². The van der Waals surface area contributed by atoms with Gasteiger partial charge in [-0.05, 0) is 38.5 Å². The number of carboxylic acid groups (broad SMARTS) is 1. The number of hydrogen-bond donors (Lipinski definition) is 1. The van der Waals surface area contributed by atoms with Gasteiger partial charge in [0.25, 0.3) is 6.29 Å². The predicted octanol–water partition coefficient (Wildman–Crippen LogP) is 21.3. The van der Waals surface area contributed by atoms with Gasteiger partial charge in [-0.2, -0.15) is 0 Å². The molecule has 0 amide bonds. The monoisotopic (exact) mass is 1120 g/mol. The molecular formula is C70H136NO8+. The highest BCUT2D eigenvalue weighted by Crippen LogP contribution is 2.19. The number of unbranched alkanes of at least 4 members (excludes halogenated alkanes) is 49. The van der Waals surface area contributed by atoms with E-state index in [0.717, 1.165) is 38.5 Å². The lowest BCUT2D eigenvalue weighted by atomic mass is 10.0. The lowest BCUT2D eigenvalue weighted by Gasteiger charge is -2.25. The number of hydrogen-bond acceptors (Lipinski definition) is 7. The molecule has 0 aromatic carbocycles. The molecular weight excluding hydrogens is 983 g/mol. The van der Waals surface area contributed by atoms with E-state index in [2.05, 4.69) is 26.0 Å². The lowest BCUT2D eigenvalue weighted by Crippen LogP contribution is -2.40. The lowest BCUT2D eigenvalue weighted by molar-refractivity contribution is -0.870. The summed E-state index contributed by atoms with van der Waals surface area (Å²) in [5, 5.41) is 9.74. The van der Waals surface area contributed by atoms with E-state index in [9.17, 15) is 19.5 Å². The average molecular weight is 1120 g/mol. The maximum atomic E-state index is 12.9. The van der Waals surface area contributed by atoms with E-state index in [-0.39, 0.29) is 38.2 Å². The number of esters is 2. The quantitative estimate of drug-likeness (QED) is 0.0211. The number of ether oxygens (including phenoxy) is 4. The third kappa shape index (κ3) is 63.5. The van der Waals surface area contributed by atoms with Gasteiger partial charge in [-0.15, -0.1) is 0 Å². The van der Waals surface area contributed by atoms with Crippen LogP contribution in [0.3, 0.4) is 0 Å². The van der Waals surface area contributed by atoms with Crippen LogP contribution in [0.2, 0.25) is 0 Å². The Labute approximate surface area is 491 Å². The van der Waals surface area contributed by atoms with E-state index in [1.807, 2.05) is 21.1 Å². The van der Waals surface area contributed by atoms with Crippen LogP contribution in [-0.2, 0) is 33.3 Å². The number of carboxylic acids is 1. The summed E-state index contributed by atoms with van der Waals surface area (Å²) in [5.41, 5.74) is 0. The van der Waals surface area contributed by atoms with Gasteiger partial charge < -0.3 is 28.5 Å². The smallest absolute Gasteiger partial charge is 0.361 e. The molecule has 0 saturated carbocycles. The second kappa shape index (κ2) is 62.1. The number of quaternary nitrogens is 1. The second-order valence-corrected chi connectivity index (χ2v) is 25.2. The first-order valence-electron chi connectivity index (χ1n) is 34.9. The first kappa shape index (κ1) is 77.0. The van der Waals surface area contributed by atoms with Crippen LogP contribution in [0.15, 0.2) is 12.2 Å². The molecule has 0 spiro atoms. The van der Waals surface area contributed by atoms with Crippen LogP contribution in [0.25, 0.3) is 0 Å². The van der Waals surface area contributed by atoms with Gasteiger partial charge in [0.15, 0.2) is 6.10 Å². The SMILES string of the molecule is CCCCCCCCCC/C=C\CCCCCCCCCCCCCCCCCCCC(=O)OC(COC(=O)CCCCCCCCCCCCCCCCCCCCCCCCCCC)COC(OCC[N+](C)(C)C)C(=O)O. The van der Waals surface area contributed by atoms with Gasteiger partial charge in [-0.1, -0.05) is 321 Å². The van der Waals surface area contributed by atoms with Gasteiger partial charge in [-0.25, -0.2) is 4.79 Å². The van der Waals surface area contributed by atoms with Crippen molar-refractivity contribution in [1.29, 1.82) is 0 Å². The summed E-state index contributed by atoms with van der Waals surface area (Å²) in [5.74, 6) is -1.97. The van der Waals surface area contributed by atoms with Crippen molar-refractivity contribution in [2.24, 2.45) is 0 Å². The molecule has 79 heavy (non-hydrogen) atoms. The molecule has 9 nitrogen and oxygen atoms in total. The minimum atomic E-state index is -1.51. The fraction of sp³-hybridized carbons (Fsp3) is 0.929. The van der Waals surface area contributed by atoms with E-state index in [1.54, 1.807) is 0 Å². The van der Waals surface area contributed by atoms with Crippen LogP contribution >= 0.6 is 0 Å². The number of aliphatic carboxylic acids is 1. The normalized spacial score (nSPS) is 12.7. The molecule has 0 aliphatic rings. The molecule has 2 atom stereocenters. The number of rotatable bonds is 66. The van der Waals surface area contributed by atoms with Crippen molar-refractivity contribution in [2.75, 3.05) is 47.5 Å². The third-order valence-corrected chi connectivity index (χ3v) is 16.0. The molecule has 468 valence electrons. The molecule has 0 bridgehead atoms. The van der Waals surface area contributed by atoms with Crippen molar-refractivity contribution in [3.63, 3.8) is 0 Å². The topological polar surface area (TPSA) is 108 Å². The second-order valence-electron chi connectivity index (χ2n) is 25.2. The molecule has 0 radical (unpaired) electrons. The Kier molecular flexibility index (Phi) is 60.5. The third-order valence-electron chi connectivity index (χ3n) is 16.0. The predicted molar refractivity (Wildman–Crippen MR) is 337 cm³/mol. The van der Waals surface area contributed by atoms with E-state index in [1.165, 1.54) is 295 Å². The van der Waals surface area contributed by atoms with Crippen LogP contribution < -0.4 is 0 Å². The molecule has 0 aromatic heterocycles. The Morgan fingerprint density at radius 3 is 0.937 bits per heavy atom. The van der Waals surface area contributed by atoms with Crippen LogP contribution in [0.5, 0.6) is 0 Å². The minimum Gasteiger partial charge on any atom is -0.477 e. The summed E-state index contributed by atoms with van der Waals surface area (Å²) in [6.07, 6.45) is 71.8. The zero-order valence-electron chi connectivity index (χ0n) is 53.6. The highest BCUT2D eigenvalue weighted by molar-refractivity contribution is 5.71. The molecule has 0 rings (SSSR count). The van der Waals surface area contributed by atoms with Crippen molar-refractivity contribution in [3.05, 3.63) is 12.2 Å². The number of nitrogens with zero attached hydrogens (tertiary/aromatic N) is 1. The molecule has 0 aliphatic heterocycles. The zero-order valence-corrected chi connectivity index (χ0v) is 53.6. The van der Waals surface area contributed by atoms with Crippen molar-refractivity contribution in [1.82, 2.24) is 0 Å². The Bertz CT molecular complexity index is 1300. The summed E-state index contributed by atoms with van der Waals surface area (Å²) in [7, 11) is 5.99. The van der Waals surface area contributed by atoms with E-state index in [0.29, 0.717) is 17.4 Å². The van der Waals surface area contributed by atoms with E-state index < -0.39 is 18.4 Å². The van der Waals surface area contributed by atoms with Crippen molar-refractivity contribution in [2.45, 2.75) is 373 Å². The Balaban J connectivity index is 4.06. The van der Waals surface area contributed by atoms with Crippen LogP contribution in [-0.4, -0.2) is 87.4 Å². The van der Waals surface area contributed by atoms with Gasteiger partial charge in [0.2, 0.25) is 0 Å². The number of carbonyl (C=O) groups excluding carboxylic acids is 2. The largest absolute Gasteiger partial charge is 0.477 e. The van der Waals surface area contributed by atoms with E-state index >= 15 is 0 Å². The molecule has 0 saturated heterocycles. The number of carbonyl (C=O) groups is 3. The highest BCUT2D eigenvalue weighted by Gasteiger charge is 2.25. The summed E-state index contributed by atoms with van der Waals surface area (Å²) in [4.78, 5) is 37.6. The molecule has 0 aromatic rings. The number of likely N-dealkylation sites (N-methyl/N-ethyl adjacent to an activating group) is 1. The average Bonchev–Trinajstić information content (AvgIpc) is 3.42. The maximum Gasteiger partial charge on any atom is 0.361 e.